The molecule has 3 heterocycles. The largest absolute Gasteiger partial charge is 0.497 e. The minimum absolute atomic E-state index is 0.0210. The number of methoxy groups -OCH3 is 1. The summed E-state index contributed by atoms with van der Waals surface area (Å²) in [4.78, 5) is 15.9. The number of hydrogen-bond donors (Lipinski definition) is 1. The lowest BCUT2D eigenvalue weighted by Crippen LogP contribution is -2.40. The van der Waals surface area contributed by atoms with E-state index in [1.807, 2.05) is 37.3 Å². The van der Waals surface area contributed by atoms with E-state index in [9.17, 15) is 10.1 Å². The predicted molar refractivity (Wildman–Crippen MR) is 115 cm³/mol. The van der Waals surface area contributed by atoms with Gasteiger partial charge >= 0.3 is 0 Å². The lowest BCUT2D eigenvalue weighted by Gasteiger charge is -2.29. The van der Waals surface area contributed by atoms with Crippen molar-refractivity contribution < 1.29 is 14.2 Å². The maximum Gasteiger partial charge on any atom is 0.258 e. The van der Waals surface area contributed by atoms with Gasteiger partial charge in [0.05, 0.1) is 31.8 Å². The van der Waals surface area contributed by atoms with Crippen LogP contribution >= 0.6 is 0 Å². The first-order chi connectivity index (χ1) is 15.0. The Balaban J connectivity index is 1.78. The van der Waals surface area contributed by atoms with Crippen molar-refractivity contribution >= 4 is 0 Å². The minimum Gasteiger partial charge on any atom is -0.497 e. The molecule has 1 unspecified atom stereocenters. The number of fused-ring (bicyclic) bond motifs is 1. The molecule has 0 amide bonds. The lowest BCUT2D eigenvalue weighted by atomic mass is 9.84. The molecule has 0 aliphatic carbocycles. The average molecular weight is 422 g/mol. The first-order valence-electron chi connectivity index (χ1n) is 10.3. The summed E-state index contributed by atoms with van der Waals surface area (Å²) in [5.74, 6) is 0.440. The first kappa shape index (κ1) is 21.0. The predicted octanol–water partition coefficient (Wildman–Crippen LogP) is 1.72. The maximum atomic E-state index is 13.6. The van der Waals surface area contributed by atoms with Gasteiger partial charge in [-0.05, 0) is 24.6 Å². The highest BCUT2D eigenvalue weighted by atomic mass is 16.5. The van der Waals surface area contributed by atoms with Crippen LogP contribution < -0.4 is 20.8 Å². The normalized spacial score (nSPS) is 18.8. The van der Waals surface area contributed by atoms with Crippen molar-refractivity contribution in [1.82, 2.24) is 9.47 Å². The zero-order valence-electron chi connectivity index (χ0n) is 17.8. The van der Waals surface area contributed by atoms with Gasteiger partial charge in [-0.25, -0.2) is 0 Å². The summed E-state index contributed by atoms with van der Waals surface area (Å²) < 4.78 is 18.2. The highest BCUT2D eigenvalue weighted by Crippen LogP contribution is 2.41. The van der Waals surface area contributed by atoms with E-state index < -0.39 is 5.92 Å². The molecule has 2 N–H and O–H groups in total. The van der Waals surface area contributed by atoms with Gasteiger partial charge in [0.1, 0.15) is 23.1 Å². The Labute approximate surface area is 181 Å². The summed E-state index contributed by atoms with van der Waals surface area (Å²) in [7, 11) is 1.58. The number of morpholine rings is 1. The summed E-state index contributed by atoms with van der Waals surface area (Å²) >= 11 is 0. The fourth-order valence-electron chi connectivity index (χ4n) is 4.18. The third-order valence-corrected chi connectivity index (χ3v) is 5.86. The van der Waals surface area contributed by atoms with Gasteiger partial charge in [0.15, 0.2) is 0 Å². The second-order valence-electron chi connectivity index (χ2n) is 7.68. The van der Waals surface area contributed by atoms with E-state index in [4.69, 9.17) is 19.9 Å². The quantitative estimate of drug-likeness (QED) is 0.783. The molecule has 0 bridgehead atoms. The Morgan fingerprint density at radius 3 is 2.74 bits per heavy atom. The van der Waals surface area contributed by atoms with Crippen LogP contribution in [0, 0.1) is 18.3 Å². The van der Waals surface area contributed by atoms with Crippen molar-refractivity contribution in [2.75, 3.05) is 40.0 Å². The number of nitriles is 1. The van der Waals surface area contributed by atoms with Crippen molar-refractivity contribution in [3.63, 3.8) is 0 Å². The molecule has 1 aromatic carbocycles. The molecule has 0 radical (unpaired) electrons. The number of aryl methyl sites for hydroxylation is 1. The van der Waals surface area contributed by atoms with Crippen LogP contribution in [0.25, 0.3) is 0 Å². The Kier molecular flexibility index (Phi) is 5.98. The number of nitrogens with zero attached hydrogens (tertiary/aromatic N) is 3. The van der Waals surface area contributed by atoms with Gasteiger partial charge in [-0.2, -0.15) is 5.26 Å². The van der Waals surface area contributed by atoms with E-state index in [0.717, 1.165) is 30.9 Å². The number of ether oxygens (including phenoxy) is 3. The van der Waals surface area contributed by atoms with E-state index in [1.165, 1.54) is 0 Å². The van der Waals surface area contributed by atoms with E-state index in [-0.39, 0.29) is 17.0 Å². The number of benzene rings is 1. The monoisotopic (exact) mass is 422 g/mol. The van der Waals surface area contributed by atoms with Gasteiger partial charge in [0, 0.05) is 37.9 Å². The van der Waals surface area contributed by atoms with Gasteiger partial charge in [-0.1, -0.05) is 12.1 Å². The first-order valence-corrected chi connectivity index (χ1v) is 10.3. The number of aromatic nitrogens is 1. The molecule has 1 fully saturated rings. The van der Waals surface area contributed by atoms with Crippen molar-refractivity contribution in [1.29, 1.82) is 5.26 Å². The van der Waals surface area contributed by atoms with Crippen molar-refractivity contribution in [2.45, 2.75) is 19.4 Å². The molecule has 2 aromatic rings. The molecule has 8 nitrogen and oxygen atoms in total. The SMILES string of the molecule is COc1cccc(C2C(C#N)=C(N)Oc3cc(C)n(CCN4CCOCC4)c(=O)c32)c1. The fourth-order valence-corrected chi connectivity index (χ4v) is 4.18. The third-order valence-electron chi connectivity index (χ3n) is 5.86. The molecule has 0 spiro atoms. The summed E-state index contributed by atoms with van der Waals surface area (Å²) in [6.07, 6.45) is 0. The molecule has 4 rings (SSSR count). The highest BCUT2D eigenvalue weighted by Gasteiger charge is 2.34. The summed E-state index contributed by atoms with van der Waals surface area (Å²) in [5.41, 5.74) is 8.09. The van der Waals surface area contributed by atoms with Crippen LogP contribution in [0.4, 0.5) is 0 Å². The topological polar surface area (TPSA) is 103 Å². The molecule has 1 aromatic heterocycles. The maximum absolute atomic E-state index is 13.6. The molecule has 1 saturated heterocycles. The highest BCUT2D eigenvalue weighted by molar-refractivity contribution is 5.56. The molecule has 2 aliphatic rings. The van der Waals surface area contributed by atoms with E-state index in [1.54, 1.807) is 11.7 Å². The lowest BCUT2D eigenvalue weighted by molar-refractivity contribution is 0.0362. The molecule has 8 heteroatoms. The van der Waals surface area contributed by atoms with Gasteiger partial charge in [0.25, 0.3) is 5.56 Å². The van der Waals surface area contributed by atoms with Crippen molar-refractivity contribution in [3.8, 4) is 17.6 Å². The molecule has 1 atom stereocenters. The average Bonchev–Trinajstić information content (AvgIpc) is 2.78. The zero-order valence-corrected chi connectivity index (χ0v) is 17.8. The van der Waals surface area contributed by atoms with E-state index >= 15 is 0 Å². The number of nitrogens with two attached hydrogens (primary N) is 1. The van der Waals surface area contributed by atoms with Crippen LogP contribution in [0.15, 0.2) is 46.6 Å². The van der Waals surface area contributed by atoms with Crippen LogP contribution in [0.1, 0.15) is 22.7 Å². The number of hydrogen-bond acceptors (Lipinski definition) is 7. The van der Waals surface area contributed by atoms with E-state index in [2.05, 4.69) is 11.0 Å². The number of pyridine rings is 1. The van der Waals surface area contributed by atoms with Crippen molar-refractivity contribution in [3.05, 3.63) is 69.0 Å². The summed E-state index contributed by atoms with van der Waals surface area (Å²) in [6, 6.07) is 11.3. The standard InChI is InChI=1S/C23H26N4O4/c1-15-12-19-21(23(28)27(15)7-6-26-8-10-30-11-9-26)20(18(14-24)22(25)31-19)16-4-3-5-17(13-16)29-2/h3-5,12-13,20H,6-11,25H2,1-2H3. The smallest absolute Gasteiger partial charge is 0.258 e. The van der Waals surface area contributed by atoms with Crippen LogP contribution in [0.5, 0.6) is 11.5 Å². The minimum atomic E-state index is -0.619. The van der Waals surface area contributed by atoms with Crippen LogP contribution in [0.3, 0.4) is 0 Å². The summed E-state index contributed by atoms with van der Waals surface area (Å²) in [6.45, 7) is 6.29. The molecular formula is C23H26N4O4. The van der Waals surface area contributed by atoms with Gasteiger partial charge in [-0.3, -0.25) is 9.69 Å². The fraction of sp³-hybridized carbons (Fsp3) is 0.391. The Bertz CT molecular complexity index is 1110. The molecule has 0 saturated carbocycles. The van der Waals surface area contributed by atoms with Crippen molar-refractivity contribution in [2.24, 2.45) is 5.73 Å². The molecular weight excluding hydrogens is 396 g/mol. The second-order valence-corrected chi connectivity index (χ2v) is 7.68. The Morgan fingerprint density at radius 2 is 2.03 bits per heavy atom. The summed E-state index contributed by atoms with van der Waals surface area (Å²) in [5, 5.41) is 9.81. The molecule has 31 heavy (non-hydrogen) atoms. The Morgan fingerprint density at radius 1 is 1.26 bits per heavy atom. The third kappa shape index (κ3) is 4.02. The Hall–Kier alpha value is -3.28. The van der Waals surface area contributed by atoms with Gasteiger partial charge in [-0.15, -0.1) is 0 Å². The van der Waals surface area contributed by atoms with Crippen LogP contribution in [-0.4, -0.2) is 49.4 Å². The number of allylic oxidation sites excluding steroid dienone is 1. The van der Waals surface area contributed by atoms with Gasteiger partial charge < -0.3 is 24.5 Å². The number of rotatable bonds is 5. The van der Waals surface area contributed by atoms with Crippen LogP contribution in [-0.2, 0) is 11.3 Å². The van der Waals surface area contributed by atoms with Crippen LogP contribution in [0.2, 0.25) is 0 Å². The second kappa shape index (κ2) is 8.84. The molecule has 162 valence electrons. The van der Waals surface area contributed by atoms with Gasteiger partial charge in [0.2, 0.25) is 5.88 Å². The van der Waals surface area contributed by atoms with E-state index in [0.29, 0.717) is 36.8 Å². The zero-order chi connectivity index (χ0) is 22.0. The molecule has 2 aliphatic heterocycles.